The number of nitrogens with zero attached hydrogens (tertiary/aromatic N) is 2. The fraction of sp³-hybridized carbons (Fsp3) is 0.727. The third-order valence-corrected chi connectivity index (χ3v) is 3.48. The molecule has 6 nitrogen and oxygen atoms in total. The summed E-state index contributed by atoms with van der Waals surface area (Å²) < 4.78 is 4.42. The normalized spacial score (nSPS) is 24.5. The Hall–Kier alpha value is -1.59. The zero-order valence-corrected chi connectivity index (χ0v) is 9.98. The van der Waals surface area contributed by atoms with Crippen LogP contribution in [0, 0.1) is 5.92 Å². The van der Waals surface area contributed by atoms with Crippen molar-refractivity contribution in [1.29, 1.82) is 0 Å². The molecular weight excluding hydrogens is 220 g/mol. The fourth-order valence-electron chi connectivity index (χ4n) is 2.48. The average molecular weight is 238 g/mol. The molecule has 1 heterocycles. The summed E-state index contributed by atoms with van der Waals surface area (Å²) in [4.78, 5) is 11.9. The molecule has 1 fully saturated rings. The lowest BCUT2D eigenvalue weighted by Crippen LogP contribution is -2.42. The van der Waals surface area contributed by atoms with Crippen LogP contribution in [0.3, 0.4) is 0 Å². The molecule has 0 bridgehead atoms. The van der Waals surface area contributed by atoms with Crippen molar-refractivity contribution in [1.82, 2.24) is 15.6 Å². The van der Waals surface area contributed by atoms with Crippen LogP contribution in [0.4, 0.5) is 5.82 Å². The zero-order valence-electron chi connectivity index (χ0n) is 9.98. The highest BCUT2D eigenvalue weighted by molar-refractivity contribution is 5.96. The van der Waals surface area contributed by atoms with Gasteiger partial charge in [0.1, 0.15) is 0 Å². The predicted octanol–water partition coefficient (Wildman–Crippen LogP) is 1.35. The summed E-state index contributed by atoms with van der Waals surface area (Å²) in [5.74, 6) is 0.314. The highest BCUT2D eigenvalue weighted by Gasteiger charge is 2.27. The van der Waals surface area contributed by atoms with Crippen LogP contribution in [-0.2, 0) is 0 Å². The van der Waals surface area contributed by atoms with E-state index in [1.165, 1.54) is 12.8 Å². The molecule has 0 spiro atoms. The smallest absolute Gasteiger partial charge is 0.277 e. The van der Waals surface area contributed by atoms with E-state index in [2.05, 4.69) is 27.2 Å². The first-order chi connectivity index (χ1) is 8.22. The number of nitrogens with one attached hydrogen (secondary N) is 1. The van der Waals surface area contributed by atoms with Gasteiger partial charge in [0.05, 0.1) is 0 Å². The number of nitrogens with two attached hydrogens (primary N) is 1. The van der Waals surface area contributed by atoms with Crippen LogP contribution in [0.25, 0.3) is 0 Å². The van der Waals surface area contributed by atoms with Gasteiger partial charge in [0, 0.05) is 6.04 Å². The van der Waals surface area contributed by atoms with Gasteiger partial charge in [-0.1, -0.05) is 26.2 Å². The zero-order chi connectivity index (χ0) is 12.3. The molecule has 1 aliphatic rings. The fourth-order valence-corrected chi connectivity index (χ4v) is 2.48. The predicted molar refractivity (Wildman–Crippen MR) is 62.2 cm³/mol. The average Bonchev–Trinajstić information content (AvgIpc) is 2.76. The van der Waals surface area contributed by atoms with Crippen LogP contribution in [-0.4, -0.2) is 22.3 Å². The molecule has 1 aromatic rings. The summed E-state index contributed by atoms with van der Waals surface area (Å²) >= 11 is 0. The van der Waals surface area contributed by atoms with Crippen LogP contribution in [0.1, 0.15) is 49.5 Å². The van der Waals surface area contributed by atoms with Crippen molar-refractivity contribution in [2.75, 3.05) is 5.73 Å². The number of carbonyl (C=O) groups is 1. The first-order valence-electron chi connectivity index (χ1n) is 6.11. The summed E-state index contributed by atoms with van der Waals surface area (Å²) in [7, 11) is 0. The lowest BCUT2D eigenvalue weighted by molar-refractivity contribution is 0.0895. The van der Waals surface area contributed by atoms with Crippen LogP contribution < -0.4 is 11.1 Å². The van der Waals surface area contributed by atoms with E-state index in [-0.39, 0.29) is 23.5 Å². The third kappa shape index (κ3) is 2.57. The number of aromatic nitrogens is 2. The molecule has 0 radical (unpaired) electrons. The lowest BCUT2D eigenvalue weighted by atomic mass is 9.83. The summed E-state index contributed by atoms with van der Waals surface area (Å²) in [6.45, 7) is 2.15. The second-order valence-electron chi connectivity index (χ2n) is 4.53. The Bertz CT molecular complexity index is 391. The van der Waals surface area contributed by atoms with Gasteiger partial charge < -0.3 is 11.1 Å². The van der Waals surface area contributed by atoms with Crippen molar-refractivity contribution in [2.24, 2.45) is 5.92 Å². The molecule has 1 saturated carbocycles. The minimum Gasteiger partial charge on any atom is -0.379 e. The largest absolute Gasteiger partial charge is 0.379 e. The van der Waals surface area contributed by atoms with Crippen molar-refractivity contribution in [3.8, 4) is 0 Å². The highest BCUT2D eigenvalue weighted by atomic mass is 16.6. The Balaban J connectivity index is 2.00. The maximum Gasteiger partial charge on any atom is 0.277 e. The molecule has 1 aliphatic carbocycles. The van der Waals surface area contributed by atoms with Crippen molar-refractivity contribution in [3.05, 3.63) is 5.69 Å². The monoisotopic (exact) mass is 238 g/mol. The first-order valence-corrected chi connectivity index (χ1v) is 6.11. The molecule has 0 saturated heterocycles. The highest BCUT2D eigenvalue weighted by Crippen LogP contribution is 2.27. The molecule has 1 aromatic heterocycles. The minimum atomic E-state index is -0.283. The van der Waals surface area contributed by atoms with Gasteiger partial charge in [0.25, 0.3) is 5.91 Å². The van der Waals surface area contributed by atoms with Gasteiger partial charge in [-0.15, -0.1) is 0 Å². The number of anilines is 1. The van der Waals surface area contributed by atoms with E-state index in [9.17, 15) is 4.79 Å². The van der Waals surface area contributed by atoms with Crippen LogP contribution >= 0.6 is 0 Å². The second-order valence-corrected chi connectivity index (χ2v) is 4.53. The van der Waals surface area contributed by atoms with E-state index < -0.39 is 0 Å². The molecule has 6 heteroatoms. The van der Waals surface area contributed by atoms with E-state index in [0.29, 0.717) is 5.92 Å². The van der Waals surface area contributed by atoms with Gasteiger partial charge in [-0.3, -0.25) is 4.79 Å². The standard InChI is InChI=1S/C11H18N4O2/c1-2-7-5-3-4-6-8(7)13-11(16)9-10(12)15-17-14-9/h7-8H,2-6H2,1H3,(H2,12,15)(H,13,16). The van der Waals surface area contributed by atoms with Gasteiger partial charge in [-0.25, -0.2) is 4.63 Å². The van der Waals surface area contributed by atoms with E-state index in [4.69, 9.17) is 5.73 Å². The van der Waals surface area contributed by atoms with Gasteiger partial charge >= 0.3 is 0 Å². The Morgan fingerprint density at radius 1 is 1.47 bits per heavy atom. The van der Waals surface area contributed by atoms with Gasteiger partial charge in [-0.05, 0) is 29.1 Å². The van der Waals surface area contributed by atoms with Crippen molar-refractivity contribution in [2.45, 2.75) is 45.1 Å². The Morgan fingerprint density at radius 3 is 2.88 bits per heavy atom. The van der Waals surface area contributed by atoms with E-state index in [0.717, 1.165) is 19.3 Å². The topological polar surface area (TPSA) is 94.0 Å². The third-order valence-electron chi connectivity index (χ3n) is 3.48. The molecule has 17 heavy (non-hydrogen) atoms. The summed E-state index contributed by atoms with van der Waals surface area (Å²) in [6, 6.07) is 0.220. The molecule has 0 aliphatic heterocycles. The SMILES string of the molecule is CCC1CCCCC1NC(=O)c1nonc1N. The van der Waals surface area contributed by atoms with Gasteiger partial charge in [-0.2, -0.15) is 0 Å². The first kappa shape index (κ1) is 11.9. The molecule has 2 rings (SSSR count). The van der Waals surface area contributed by atoms with Crippen molar-refractivity contribution >= 4 is 11.7 Å². The van der Waals surface area contributed by atoms with Crippen LogP contribution in [0.5, 0.6) is 0 Å². The number of nitrogen functional groups attached to an aromatic ring is 1. The summed E-state index contributed by atoms with van der Waals surface area (Å²) in [5.41, 5.74) is 5.57. The second kappa shape index (κ2) is 5.16. The van der Waals surface area contributed by atoms with Crippen LogP contribution in [0.2, 0.25) is 0 Å². The summed E-state index contributed by atoms with van der Waals surface area (Å²) in [6.07, 6.45) is 5.69. The number of amides is 1. The number of hydrogen-bond acceptors (Lipinski definition) is 5. The van der Waals surface area contributed by atoms with E-state index in [1.54, 1.807) is 0 Å². The quantitative estimate of drug-likeness (QED) is 0.829. The number of hydrogen-bond donors (Lipinski definition) is 2. The molecule has 2 atom stereocenters. The Morgan fingerprint density at radius 2 is 2.24 bits per heavy atom. The number of rotatable bonds is 3. The summed E-state index contributed by atoms with van der Waals surface area (Å²) in [5, 5.41) is 9.89. The van der Waals surface area contributed by atoms with Crippen molar-refractivity contribution < 1.29 is 9.42 Å². The Labute approximate surface area is 99.9 Å². The molecule has 94 valence electrons. The van der Waals surface area contributed by atoms with E-state index >= 15 is 0 Å². The molecule has 2 unspecified atom stereocenters. The van der Waals surface area contributed by atoms with Crippen LogP contribution in [0.15, 0.2) is 4.63 Å². The van der Waals surface area contributed by atoms with Gasteiger partial charge in [0.15, 0.2) is 0 Å². The molecule has 0 aromatic carbocycles. The minimum absolute atomic E-state index is 0.0476. The number of carbonyl (C=O) groups excluding carboxylic acids is 1. The maximum absolute atomic E-state index is 11.9. The molecule has 1 amide bonds. The molecule has 3 N–H and O–H groups in total. The van der Waals surface area contributed by atoms with Gasteiger partial charge in [0.2, 0.25) is 11.5 Å². The Kier molecular flexibility index (Phi) is 3.61. The molecular formula is C11H18N4O2. The maximum atomic E-state index is 11.9. The van der Waals surface area contributed by atoms with Crippen molar-refractivity contribution in [3.63, 3.8) is 0 Å². The van der Waals surface area contributed by atoms with E-state index in [1.807, 2.05) is 0 Å². The lowest BCUT2D eigenvalue weighted by Gasteiger charge is -2.31.